The lowest BCUT2D eigenvalue weighted by Gasteiger charge is -2.16. The van der Waals surface area contributed by atoms with Gasteiger partial charge in [0.05, 0.1) is 23.4 Å². The molecule has 1 atom stereocenters. The highest BCUT2D eigenvalue weighted by Crippen LogP contribution is 2.39. The van der Waals surface area contributed by atoms with Crippen LogP contribution in [0.1, 0.15) is 40.2 Å². The van der Waals surface area contributed by atoms with Gasteiger partial charge in [-0.2, -0.15) is 26.3 Å². The topological polar surface area (TPSA) is 88.4 Å². The molecule has 0 aliphatic carbocycles. The van der Waals surface area contributed by atoms with Crippen LogP contribution in [-0.4, -0.2) is 20.6 Å². The first kappa shape index (κ1) is 28.0. The molecule has 6 nitrogen and oxygen atoms in total. The molecule has 2 aromatic carbocycles. The third-order valence-electron chi connectivity index (χ3n) is 4.90. The molecule has 0 aliphatic rings. The van der Waals surface area contributed by atoms with E-state index in [1.54, 1.807) is 4.72 Å². The van der Waals surface area contributed by atoms with E-state index in [1.165, 1.54) is 6.92 Å². The molecule has 15 heteroatoms. The summed E-state index contributed by atoms with van der Waals surface area (Å²) in [5, 5.41) is 2.31. The lowest BCUT2D eigenvalue weighted by Crippen LogP contribution is -2.26. The number of halogens is 8. The molecular formula is C22H16F8N2O4S. The molecular weight excluding hydrogens is 540 g/mol. The SMILES string of the molecule is CC(NC(=O)c1ccc(-c2cc(C(F)(F)F)cc(C(F)(F)F)c2)o1)c1cc(F)c(NS(C)(=O)=O)c(F)c1. The Balaban J connectivity index is 1.86. The second-order valence-corrected chi connectivity index (χ2v) is 9.64. The van der Waals surface area contributed by atoms with Crippen molar-refractivity contribution in [1.29, 1.82) is 0 Å². The minimum Gasteiger partial charge on any atom is -0.451 e. The summed E-state index contributed by atoms with van der Waals surface area (Å²) >= 11 is 0. The van der Waals surface area contributed by atoms with Crippen LogP contribution in [0.3, 0.4) is 0 Å². The second kappa shape index (κ2) is 9.68. The third kappa shape index (κ3) is 6.78. The number of sulfonamides is 1. The number of alkyl halides is 6. The maximum atomic E-state index is 14.2. The fourth-order valence-corrected chi connectivity index (χ4v) is 3.75. The summed E-state index contributed by atoms with van der Waals surface area (Å²) in [4.78, 5) is 12.5. The molecule has 3 aromatic rings. The Labute approximate surface area is 204 Å². The minimum atomic E-state index is -5.09. The van der Waals surface area contributed by atoms with E-state index in [-0.39, 0.29) is 11.6 Å². The number of carbonyl (C=O) groups excluding carboxylic acids is 1. The van der Waals surface area contributed by atoms with Crippen molar-refractivity contribution >= 4 is 21.6 Å². The number of amides is 1. The largest absolute Gasteiger partial charge is 0.451 e. The minimum absolute atomic E-state index is 0.0588. The van der Waals surface area contributed by atoms with E-state index in [0.717, 1.165) is 24.3 Å². The van der Waals surface area contributed by atoms with Crippen molar-refractivity contribution in [3.05, 3.63) is 76.5 Å². The average Bonchev–Trinajstić information content (AvgIpc) is 3.24. The molecule has 0 aliphatic heterocycles. The standard InChI is InChI=1S/C22H16F8N2O4S/c1-10(11-7-15(23)19(16(24)8-11)32-37(2,34)35)31-20(33)18-4-3-17(36-18)12-5-13(21(25,26)27)9-14(6-12)22(28,29)30/h3-10,32H,1-2H3,(H,31,33). The van der Waals surface area contributed by atoms with Gasteiger partial charge in [-0.3, -0.25) is 9.52 Å². The number of rotatable bonds is 6. The molecule has 3 rings (SSSR count). The van der Waals surface area contributed by atoms with Gasteiger partial charge in [-0.05, 0) is 55.0 Å². The van der Waals surface area contributed by atoms with E-state index in [4.69, 9.17) is 4.42 Å². The molecule has 1 unspecified atom stereocenters. The smallest absolute Gasteiger partial charge is 0.416 e. The molecule has 0 fully saturated rings. The Morgan fingerprint density at radius 2 is 1.41 bits per heavy atom. The fourth-order valence-electron chi connectivity index (χ4n) is 3.19. The molecule has 200 valence electrons. The first-order chi connectivity index (χ1) is 16.8. The van der Waals surface area contributed by atoms with Crippen molar-refractivity contribution in [2.75, 3.05) is 11.0 Å². The van der Waals surface area contributed by atoms with Gasteiger partial charge in [0.2, 0.25) is 10.0 Å². The van der Waals surface area contributed by atoms with Crippen molar-refractivity contribution in [2.24, 2.45) is 0 Å². The van der Waals surface area contributed by atoms with Gasteiger partial charge in [0.1, 0.15) is 11.4 Å². The lowest BCUT2D eigenvalue weighted by molar-refractivity contribution is -0.143. The molecule has 0 saturated carbocycles. The van der Waals surface area contributed by atoms with E-state index >= 15 is 0 Å². The molecule has 2 N–H and O–H groups in total. The monoisotopic (exact) mass is 556 g/mol. The third-order valence-corrected chi connectivity index (χ3v) is 5.48. The van der Waals surface area contributed by atoms with Gasteiger partial charge in [0.15, 0.2) is 17.4 Å². The Kier molecular flexibility index (Phi) is 7.32. The number of hydrogen-bond acceptors (Lipinski definition) is 4. The molecule has 1 aromatic heterocycles. The zero-order valence-corrected chi connectivity index (χ0v) is 19.5. The Morgan fingerprint density at radius 1 is 0.892 bits per heavy atom. The molecule has 0 bridgehead atoms. The zero-order valence-electron chi connectivity index (χ0n) is 18.7. The van der Waals surface area contributed by atoms with Gasteiger partial charge >= 0.3 is 12.4 Å². The van der Waals surface area contributed by atoms with Crippen molar-refractivity contribution in [3.8, 4) is 11.3 Å². The average molecular weight is 556 g/mol. The molecule has 37 heavy (non-hydrogen) atoms. The quantitative estimate of drug-likeness (QED) is 0.358. The summed E-state index contributed by atoms with van der Waals surface area (Å²) in [7, 11) is -3.99. The number of nitrogens with one attached hydrogen (secondary N) is 2. The Bertz CT molecular complexity index is 1390. The van der Waals surface area contributed by atoms with Crippen molar-refractivity contribution in [3.63, 3.8) is 0 Å². The lowest BCUT2D eigenvalue weighted by atomic mass is 10.0. The first-order valence-corrected chi connectivity index (χ1v) is 11.9. The highest BCUT2D eigenvalue weighted by molar-refractivity contribution is 7.92. The number of anilines is 1. The summed E-state index contributed by atoms with van der Waals surface area (Å²) in [5.41, 5.74) is -4.80. The van der Waals surface area contributed by atoms with Gasteiger partial charge < -0.3 is 9.73 Å². The second-order valence-electron chi connectivity index (χ2n) is 7.89. The molecule has 0 saturated heterocycles. The van der Waals surface area contributed by atoms with Gasteiger partial charge in [-0.25, -0.2) is 17.2 Å². The predicted octanol–water partition coefficient (Wildman–Crippen LogP) is 6.12. The van der Waals surface area contributed by atoms with Crippen LogP contribution in [0.15, 0.2) is 46.9 Å². The van der Waals surface area contributed by atoms with Crippen LogP contribution in [-0.2, 0) is 22.4 Å². The van der Waals surface area contributed by atoms with Gasteiger partial charge in [-0.1, -0.05) is 0 Å². The molecule has 1 heterocycles. The van der Waals surface area contributed by atoms with E-state index in [9.17, 15) is 48.3 Å². The number of benzene rings is 2. The molecule has 0 spiro atoms. The van der Waals surface area contributed by atoms with Crippen LogP contribution in [0.25, 0.3) is 11.3 Å². The highest BCUT2D eigenvalue weighted by Gasteiger charge is 2.37. The summed E-state index contributed by atoms with van der Waals surface area (Å²) < 4.78 is 136. The van der Waals surface area contributed by atoms with Gasteiger partial charge in [0, 0.05) is 5.56 Å². The van der Waals surface area contributed by atoms with Crippen LogP contribution in [0.5, 0.6) is 0 Å². The van der Waals surface area contributed by atoms with E-state index in [2.05, 4.69) is 5.32 Å². The number of carbonyl (C=O) groups is 1. The molecule has 0 radical (unpaired) electrons. The van der Waals surface area contributed by atoms with Crippen LogP contribution in [0.2, 0.25) is 0 Å². The van der Waals surface area contributed by atoms with E-state index in [1.807, 2.05) is 0 Å². The fraction of sp³-hybridized carbons (Fsp3) is 0.227. The first-order valence-electron chi connectivity index (χ1n) is 10.0. The summed E-state index contributed by atoms with van der Waals surface area (Å²) in [6.45, 7) is 1.31. The molecule has 1 amide bonds. The normalized spacial score (nSPS) is 13.4. The van der Waals surface area contributed by atoms with Crippen LogP contribution in [0, 0.1) is 11.6 Å². The van der Waals surface area contributed by atoms with Crippen LogP contribution >= 0.6 is 0 Å². The predicted molar refractivity (Wildman–Crippen MR) is 115 cm³/mol. The van der Waals surface area contributed by atoms with E-state index < -0.39 is 79.9 Å². The highest BCUT2D eigenvalue weighted by atomic mass is 32.2. The van der Waals surface area contributed by atoms with E-state index in [0.29, 0.717) is 18.4 Å². The van der Waals surface area contributed by atoms with Crippen LogP contribution in [0.4, 0.5) is 40.8 Å². The van der Waals surface area contributed by atoms with Gasteiger partial charge in [-0.15, -0.1) is 0 Å². The van der Waals surface area contributed by atoms with Crippen LogP contribution < -0.4 is 10.0 Å². The summed E-state index contributed by atoms with van der Waals surface area (Å²) in [5.74, 6) is -4.52. The number of hydrogen-bond donors (Lipinski definition) is 2. The maximum absolute atomic E-state index is 14.2. The zero-order chi connectivity index (χ0) is 27.9. The summed E-state index contributed by atoms with van der Waals surface area (Å²) in [6, 6.07) is 3.21. The van der Waals surface area contributed by atoms with Crippen molar-refractivity contribution in [1.82, 2.24) is 5.32 Å². The van der Waals surface area contributed by atoms with Gasteiger partial charge in [0.25, 0.3) is 5.91 Å². The Morgan fingerprint density at radius 3 is 1.86 bits per heavy atom. The maximum Gasteiger partial charge on any atom is 0.416 e. The van der Waals surface area contributed by atoms with Crippen molar-refractivity contribution in [2.45, 2.75) is 25.3 Å². The Hall–Kier alpha value is -3.62. The summed E-state index contributed by atoms with van der Waals surface area (Å²) in [6.07, 6.45) is -9.49. The van der Waals surface area contributed by atoms with Crippen molar-refractivity contribution < 1.29 is 52.8 Å². The number of furan rings is 1.